The molecule has 0 radical (unpaired) electrons. The van der Waals surface area contributed by atoms with Gasteiger partial charge in [0.05, 0.1) is 6.42 Å². The predicted molar refractivity (Wildman–Crippen MR) is 90.6 cm³/mol. The van der Waals surface area contributed by atoms with Crippen LogP contribution in [-0.4, -0.2) is 17.0 Å². The molecule has 120 valence electrons. The summed E-state index contributed by atoms with van der Waals surface area (Å²) in [5.41, 5.74) is 3.91. The van der Waals surface area contributed by atoms with Crippen molar-refractivity contribution in [3.05, 3.63) is 65.2 Å². The number of anilines is 1. The number of nitrogens with one attached hydrogen (secondary N) is 1. The minimum absolute atomic E-state index is 0.0625. The van der Waals surface area contributed by atoms with E-state index in [9.17, 15) is 9.59 Å². The first-order chi connectivity index (χ1) is 11.1. The number of hydrogen-bond acceptors (Lipinski definition) is 2. The van der Waals surface area contributed by atoms with Crippen molar-refractivity contribution < 1.29 is 14.7 Å². The number of aliphatic carboxylic acids is 1. The molecule has 2 rings (SSSR count). The summed E-state index contributed by atoms with van der Waals surface area (Å²) in [5, 5.41) is 11.5. The molecule has 0 saturated heterocycles. The van der Waals surface area contributed by atoms with Gasteiger partial charge in [-0.3, -0.25) is 9.59 Å². The number of carboxylic acids is 1. The number of amides is 1. The molecular formula is C19H21NO3. The zero-order valence-electron chi connectivity index (χ0n) is 13.2. The highest BCUT2D eigenvalue weighted by Gasteiger charge is 2.05. The Morgan fingerprint density at radius 1 is 0.913 bits per heavy atom. The lowest BCUT2D eigenvalue weighted by molar-refractivity contribution is -0.137. The van der Waals surface area contributed by atoms with Gasteiger partial charge < -0.3 is 10.4 Å². The molecule has 0 aliphatic heterocycles. The summed E-state index contributed by atoms with van der Waals surface area (Å²) in [6.45, 7) is 2.10. The first kappa shape index (κ1) is 16.7. The fourth-order valence-corrected chi connectivity index (χ4v) is 2.29. The van der Waals surface area contributed by atoms with Crippen molar-refractivity contribution in [1.82, 2.24) is 0 Å². The van der Waals surface area contributed by atoms with Crippen LogP contribution in [-0.2, 0) is 28.9 Å². The fourth-order valence-electron chi connectivity index (χ4n) is 2.29. The van der Waals surface area contributed by atoms with Crippen LogP contribution < -0.4 is 5.32 Å². The van der Waals surface area contributed by atoms with Crippen LogP contribution in [0.25, 0.3) is 0 Å². The van der Waals surface area contributed by atoms with Gasteiger partial charge in [0.25, 0.3) is 0 Å². The molecule has 0 aromatic heterocycles. The Morgan fingerprint density at radius 3 is 2.04 bits per heavy atom. The van der Waals surface area contributed by atoms with E-state index < -0.39 is 5.97 Å². The normalized spacial score (nSPS) is 10.3. The predicted octanol–water partition coefficient (Wildman–Crippen LogP) is 3.45. The van der Waals surface area contributed by atoms with E-state index >= 15 is 0 Å². The number of hydrogen-bond donors (Lipinski definition) is 2. The molecule has 23 heavy (non-hydrogen) atoms. The third kappa shape index (κ3) is 5.58. The van der Waals surface area contributed by atoms with E-state index in [1.54, 1.807) is 12.1 Å². The molecule has 2 aromatic carbocycles. The second kappa shape index (κ2) is 8.13. The van der Waals surface area contributed by atoms with Crippen molar-refractivity contribution in [2.45, 2.75) is 32.6 Å². The summed E-state index contributed by atoms with van der Waals surface area (Å²) in [6, 6.07) is 15.3. The zero-order chi connectivity index (χ0) is 16.7. The van der Waals surface area contributed by atoms with Crippen LogP contribution in [0.3, 0.4) is 0 Å². The summed E-state index contributed by atoms with van der Waals surface area (Å²) in [7, 11) is 0. The zero-order valence-corrected chi connectivity index (χ0v) is 13.2. The summed E-state index contributed by atoms with van der Waals surface area (Å²) in [4.78, 5) is 22.6. The van der Waals surface area contributed by atoms with Gasteiger partial charge in [-0.05, 0) is 41.7 Å². The van der Waals surface area contributed by atoms with E-state index in [-0.39, 0.29) is 12.3 Å². The van der Waals surface area contributed by atoms with Crippen LogP contribution >= 0.6 is 0 Å². The maximum atomic E-state index is 12.0. The highest BCUT2D eigenvalue weighted by molar-refractivity contribution is 5.92. The van der Waals surface area contributed by atoms with Crippen LogP contribution in [0.15, 0.2) is 48.5 Å². The molecule has 0 atom stereocenters. The van der Waals surface area contributed by atoms with Gasteiger partial charge in [0, 0.05) is 12.1 Å². The highest BCUT2D eigenvalue weighted by Crippen LogP contribution is 2.12. The third-order valence-electron chi connectivity index (χ3n) is 3.66. The topological polar surface area (TPSA) is 66.4 Å². The molecule has 0 spiro atoms. The number of carboxylic acid groups (broad SMARTS) is 1. The lowest BCUT2D eigenvalue weighted by Gasteiger charge is -2.07. The van der Waals surface area contributed by atoms with Crippen molar-refractivity contribution in [3.8, 4) is 0 Å². The number of aryl methyl sites for hydroxylation is 2. The first-order valence-electron chi connectivity index (χ1n) is 7.75. The molecule has 2 N–H and O–H groups in total. The quantitative estimate of drug-likeness (QED) is 0.823. The van der Waals surface area contributed by atoms with E-state index in [1.165, 1.54) is 5.56 Å². The standard InChI is InChI=1S/C19H21NO3/c1-2-14-3-5-16(6-4-14)13-18(21)20-17-10-7-15(8-11-17)9-12-19(22)23/h3-8,10-11H,2,9,12-13H2,1H3,(H,20,21)(H,22,23). The van der Waals surface area contributed by atoms with Crippen LogP contribution in [0.2, 0.25) is 0 Å². The Bertz CT molecular complexity index is 660. The first-order valence-corrected chi connectivity index (χ1v) is 7.75. The Hall–Kier alpha value is -2.62. The molecule has 0 saturated carbocycles. The van der Waals surface area contributed by atoms with Gasteiger partial charge in [-0.25, -0.2) is 0 Å². The molecule has 0 aliphatic rings. The van der Waals surface area contributed by atoms with Crippen molar-refractivity contribution in [2.24, 2.45) is 0 Å². The van der Waals surface area contributed by atoms with Crippen molar-refractivity contribution in [3.63, 3.8) is 0 Å². The number of benzene rings is 2. The fraction of sp³-hybridized carbons (Fsp3) is 0.263. The average Bonchev–Trinajstić information content (AvgIpc) is 2.55. The second-order valence-corrected chi connectivity index (χ2v) is 5.49. The summed E-state index contributed by atoms with van der Waals surface area (Å²) < 4.78 is 0. The molecule has 1 amide bonds. The maximum absolute atomic E-state index is 12.0. The summed E-state index contributed by atoms with van der Waals surface area (Å²) >= 11 is 0. The SMILES string of the molecule is CCc1ccc(CC(=O)Nc2ccc(CCC(=O)O)cc2)cc1. The second-order valence-electron chi connectivity index (χ2n) is 5.49. The van der Waals surface area contributed by atoms with Crippen LogP contribution in [0, 0.1) is 0 Å². The molecule has 4 heteroatoms. The van der Waals surface area contributed by atoms with Crippen molar-refractivity contribution in [2.75, 3.05) is 5.32 Å². The molecular weight excluding hydrogens is 290 g/mol. The van der Waals surface area contributed by atoms with Crippen LogP contribution in [0.5, 0.6) is 0 Å². The van der Waals surface area contributed by atoms with E-state index in [2.05, 4.69) is 12.2 Å². The van der Waals surface area contributed by atoms with E-state index in [1.807, 2.05) is 36.4 Å². The minimum atomic E-state index is -0.809. The maximum Gasteiger partial charge on any atom is 0.303 e. The molecule has 0 aliphatic carbocycles. The lowest BCUT2D eigenvalue weighted by atomic mass is 10.1. The van der Waals surface area contributed by atoms with Gasteiger partial charge in [-0.2, -0.15) is 0 Å². The molecule has 0 fully saturated rings. The average molecular weight is 311 g/mol. The molecule has 2 aromatic rings. The number of rotatable bonds is 7. The molecule has 4 nitrogen and oxygen atoms in total. The van der Waals surface area contributed by atoms with Gasteiger partial charge in [-0.15, -0.1) is 0 Å². The van der Waals surface area contributed by atoms with Crippen LogP contribution in [0.4, 0.5) is 5.69 Å². The molecule has 0 bridgehead atoms. The Labute approximate surface area is 136 Å². The van der Waals surface area contributed by atoms with E-state index in [4.69, 9.17) is 5.11 Å². The van der Waals surface area contributed by atoms with E-state index in [0.717, 1.165) is 23.2 Å². The minimum Gasteiger partial charge on any atom is -0.481 e. The number of carbonyl (C=O) groups excluding carboxylic acids is 1. The van der Waals surface area contributed by atoms with Gasteiger partial charge >= 0.3 is 5.97 Å². The Balaban J connectivity index is 1.87. The monoisotopic (exact) mass is 311 g/mol. The van der Waals surface area contributed by atoms with Gasteiger partial charge in [0.1, 0.15) is 0 Å². The van der Waals surface area contributed by atoms with Gasteiger partial charge in [-0.1, -0.05) is 43.3 Å². The summed E-state index contributed by atoms with van der Waals surface area (Å²) in [6.07, 6.45) is 1.93. The largest absolute Gasteiger partial charge is 0.481 e. The summed E-state index contributed by atoms with van der Waals surface area (Å²) in [5.74, 6) is -0.871. The van der Waals surface area contributed by atoms with Gasteiger partial charge in [0.2, 0.25) is 5.91 Å². The lowest BCUT2D eigenvalue weighted by Crippen LogP contribution is -2.14. The third-order valence-corrected chi connectivity index (χ3v) is 3.66. The Kier molecular flexibility index (Phi) is 5.92. The molecule has 0 heterocycles. The van der Waals surface area contributed by atoms with Crippen molar-refractivity contribution in [1.29, 1.82) is 0 Å². The van der Waals surface area contributed by atoms with Crippen LogP contribution in [0.1, 0.15) is 30.0 Å². The highest BCUT2D eigenvalue weighted by atomic mass is 16.4. The van der Waals surface area contributed by atoms with Gasteiger partial charge in [0.15, 0.2) is 0 Å². The Morgan fingerprint density at radius 2 is 1.48 bits per heavy atom. The molecule has 0 unspecified atom stereocenters. The number of carbonyl (C=O) groups is 2. The smallest absolute Gasteiger partial charge is 0.303 e. The van der Waals surface area contributed by atoms with Crippen molar-refractivity contribution >= 4 is 17.6 Å². The van der Waals surface area contributed by atoms with E-state index in [0.29, 0.717) is 12.8 Å².